The third-order valence-electron chi connectivity index (χ3n) is 5.20. The molecule has 2 heterocycles. The van der Waals surface area contributed by atoms with Crippen LogP contribution in [-0.2, 0) is 4.79 Å². The van der Waals surface area contributed by atoms with Gasteiger partial charge in [-0.15, -0.1) is 0 Å². The van der Waals surface area contributed by atoms with Crippen molar-refractivity contribution in [3.8, 4) is 0 Å². The number of aromatic nitrogens is 2. The molecule has 2 N–H and O–H groups in total. The van der Waals surface area contributed by atoms with Crippen molar-refractivity contribution in [2.45, 2.75) is 38.6 Å². The summed E-state index contributed by atoms with van der Waals surface area (Å²) in [5.41, 5.74) is 1.51. The summed E-state index contributed by atoms with van der Waals surface area (Å²) >= 11 is 0. The van der Waals surface area contributed by atoms with E-state index in [0.29, 0.717) is 23.9 Å². The summed E-state index contributed by atoms with van der Waals surface area (Å²) in [6, 6.07) is 9.30. The Kier molecular flexibility index (Phi) is 6.52. The lowest BCUT2D eigenvalue weighted by atomic mass is 9.77. The van der Waals surface area contributed by atoms with E-state index in [0.717, 1.165) is 31.4 Å². The average Bonchev–Trinajstić information content (AvgIpc) is 2.72. The Balaban J connectivity index is 1.52. The summed E-state index contributed by atoms with van der Waals surface area (Å²) in [7, 11) is 0. The van der Waals surface area contributed by atoms with Crippen molar-refractivity contribution in [1.82, 2.24) is 20.6 Å². The second kappa shape index (κ2) is 9.26. The molecule has 3 rings (SSSR count). The molecule has 0 bridgehead atoms. The minimum atomic E-state index is -0.0742. The summed E-state index contributed by atoms with van der Waals surface area (Å²) in [6.45, 7) is 2.23. The Morgan fingerprint density at radius 2 is 1.93 bits per heavy atom. The molecule has 1 aliphatic rings. The van der Waals surface area contributed by atoms with Crippen LogP contribution in [0, 0.1) is 11.8 Å². The summed E-state index contributed by atoms with van der Waals surface area (Å²) in [5.74, 6) is 0.726. The fraction of sp³-hybridized carbons (Fsp3) is 0.429. The van der Waals surface area contributed by atoms with Crippen LogP contribution in [0.3, 0.4) is 0 Å². The molecule has 2 amide bonds. The second-order valence-corrected chi connectivity index (χ2v) is 7.17. The van der Waals surface area contributed by atoms with Crippen molar-refractivity contribution in [2.24, 2.45) is 11.8 Å². The fourth-order valence-electron chi connectivity index (χ4n) is 3.77. The van der Waals surface area contributed by atoms with E-state index in [1.807, 2.05) is 18.2 Å². The number of hydrogen-bond acceptors (Lipinski definition) is 4. The minimum Gasteiger partial charge on any atom is -0.352 e. The molecular formula is C21H26N4O2. The fourth-order valence-corrected chi connectivity index (χ4v) is 3.77. The minimum absolute atomic E-state index is 0.0310. The average molecular weight is 366 g/mol. The first kappa shape index (κ1) is 19.0. The van der Waals surface area contributed by atoms with E-state index < -0.39 is 0 Å². The molecule has 0 aliphatic heterocycles. The Morgan fingerprint density at radius 3 is 2.56 bits per heavy atom. The van der Waals surface area contributed by atoms with Crippen LogP contribution < -0.4 is 10.6 Å². The van der Waals surface area contributed by atoms with Crippen LogP contribution in [0.25, 0.3) is 0 Å². The number of hydrogen-bond donors (Lipinski definition) is 2. The van der Waals surface area contributed by atoms with Gasteiger partial charge in [0.25, 0.3) is 5.91 Å². The monoisotopic (exact) mass is 366 g/mol. The molecule has 6 heteroatoms. The SMILES string of the molecule is CC(=O)NC(c1ccccn1)C1CCC(CNC(=O)c2cccnc2)CC1. The zero-order valence-corrected chi connectivity index (χ0v) is 15.6. The van der Waals surface area contributed by atoms with Gasteiger partial charge in [-0.1, -0.05) is 6.07 Å². The third-order valence-corrected chi connectivity index (χ3v) is 5.20. The number of rotatable bonds is 6. The van der Waals surface area contributed by atoms with Crippen LogP contribution in [0.2, 0.25) is 0 Å². The van der Waals surface area contributed by atoms with Crippen LogP contribution in [0.15, 0.2) is 48.9 Å². The van der Waals surface area contributed by atoms with E-state index in [-0.39, 0.29) is 17.9 Å². The quantitative estimate of drug-likeness (QED) is 0.823. The Morgan fingerprint density at radius 1 is 1.11 bits per heavy atom. The van der Waals surface area contributed by atoms with E-state index >= 15 is 0 Å². The molecule has 1 unspecified atom stereocenters. The van der Waals surface area contributed by atoms with Crippen molar-refractivity contribution in [3.63, 3.8) is 0 Å². The van der Waals surface area contributed by atoms with Gasteiger partial charge in [0.1, 0.15) is 0 Å². The number of amides is 2. The molecule has 142 valence electrons. The van der Waals surface area contributed by atoms with Crippen molar-refractivity contribution >= 4 is 11.8 Å². The molecule has 27 heavy (non-hydrogen) atoms. The first-order valence-electron chi connectivity index (χ1n) is 9.49. The van der Waals surface area contributed by atoms with Crippen molar-refractivity contribution in [3.05, 3.63) is 60.2 Å². The van der Waals surface area contributed by atoms with Crippen LogP contribution in [0.1, 0.15) is 54.7 Å². The summed E-state index contributed by atoms with van der Waals surface area (Å²) < 4.78 is 0. The van der Waals surface area contributed by atoms with Crippen LogP contribution >= 0.6 is 0 Å². The molecule has 1 saturated carbocycles. The molecule has 0 radical (unpaired) electrons. The highest BCUT2D eigenvalue weighted by Crippen LogP contribution is 2.36. The van der Waals surface area contributed by atoms with Gasteiger partial charge in [0.05, 0.1) is 17.3 Å². The zero-order chi connectivity index (χ0) is 19.1. The van der Waals surface area contributed by atoms with Gasteiger partial charge in [-0.05, 0) is 61.8 Å². The van der Waals surface area contributed by atoms with E-state index in [2.05, 4.69) is 20.6 Å². The number of nitrogens with one attached hydrogen (secondary N) is 2. The Bertz CT molecular complexity index is 743. The van der Waals surface area contributed by atoms with Gasteiger partial charge in [-0.25, -0.2) is 0 Å². The van der Waals surface area contributed by atoms with Crippen molar-refractivity contribution in [2.75, 3.05) is 6.54 Å². The second-order valence-electron chi connectivity index (χ2n) is 7.17. The van der Waals surface area contributed by atoms with Gasteiger partial charge in [0.2, 0.25) is 5.91 Å². The summed E-state index contributed by atoms with van der Waals surface area (Å²) in [6.07, 6.45) is 9.08. The highest BCUT2D eigenvalue weighted by molar-refractivity contribution is 5.93. The van der Waals surface area contributed by atoms with Gasteiger partial charge >= 0.3 is 0 Å². The molecule has 6 nitrogen and oxygen atoms in total. The first-order valence-corrected chi connectivity index (χ1v) is 9.49. The molecule has 2 aromatic rings. The van der Waals surface area contributed by atoms with Gasteiger partial charge in [-0.3, -0.25) is 19.6 Å². The molecule has 2 aromatic heterocycles. The molecule has 0 saturated heterocycles. The Labute approximate surface area is 159 Å². The van der Waals surface area contributed by atoms with E-state index in [1.165, 1.54) is 0 Å². The number of pyridine rings is 2. The molecular weight excluding hydrogens is 340 g/mol. The number of carbonyl (C=O) groups is 2. The lowest BCUT2D eigenvalue weighted by Crippen LogP contribution is -2.36. The maximum atomic E-state index is 12.2. The van der Waals surface area contributed by atoms with E-state index in [1.54, 1.807) is 37.6 Å². The zero-order valence-electron chi connectivity index (χ0n) is 15.6. The maximum absolute atomic E-state index is 12.2. The largest absolute Gasteiger partial charge is 0.352 e. The van der Waals surface area contributed by atoms with Crippen molar-refractivity contribution < 1.29 is 9.59 Å². The molecule has 1 fully saturated rings. The predicted octanol–water partition coefficient (Wildman–Crippen LogP) is 2.89. The molecule has 1 aliphatic carbocycles. The normalized spacial score (nSPS) is 20.5. The number of nitrogens with zero attached hydrogens (tertiary/aromatic N) is 2. The first-order chi connectivity index (χ1) is 13.1. The predicted molar refractivity (Wildman–Crippen MR) is 103 cm³/mol. The molecule has 1 atom stereocenters. The van der Waals surface area contributed by atoms with Gasteiger partial charge in [0, 0.05) is 32.1 Å². The van der Waals surface area contributed by atoms with Crippen LogP contribution in [-0.4, -0.2) is 28.3 Å². The Hall–Kier alpha value is -2.76. The summed E-state index contributed by atoms with van der Waals surface area (Å²) in [4.78, 5) is 32.2. The van der Waals surface area contributed by atoms with Crippen LogP contribution in [0.5, 0.6) is 0 Å². The van der Waals surface area contributed by atoms with E-state index in [9.17, 15) is 9.59 Å². The van der Waals surface area contributed by atoms with Crippen LogP contribution in [0.4, 0.5) is 0 Å². The summed E-state index contributed by atoms with van der Waals surface area (Å²) in [5, 5.41) is 6.09. The van der Waals surface area contributed by atoms with Gasteiger partial charge < -0.3 is 10.6 Å². The maximum Gasteiger partial charge on any atom is 0.252 e. The number of carbonyl (C=O) groups excluding carboxylic acids is 2. The molecule has 0 spiro atoms. The standard InChI is InChI=1S/C21H26N4O2/c1-15(26)25-20(19-6-2-3-12-23-19)17-9-7-16(8-10-17)13-24-21(27)18-5-4-11-22-14-18/h2-6,11-12,14,16-17,20H,7-10,13H2,1H3,(H,24,27)(H,25,26). The highest BCUT2D eigenvalue weighted by Gasteiger charge is 2.30. The van der Waals surface area contributed by atoms with Gasteiger partial charge in [-0.2, -0.15) is 0 Å². The van der Waals surface area contributed by atoms with Gasteiger partial charge in [0.15, 0.2) is 0 Å². The molecule has 0 aromatic carbocycles. The highest BCUT2D eigenvalue weighted by atomic mass is 16.2. The third kappa shape index (κ3) is 5.36. The van der Waals surface area contributed by atoms with E-state index in [4.69, 9.17) is 0 Å². The lowest BCUT2D eigenvalue weighted by molar-refractivity contribution is -0.120. The lowest BCUT2D eigenvalue weighted by Gasteiger charge is -2.34. The topological polar surface area (TPSA) is 84.0 Å². The van der Waals surface area contributed by atoms with Crippen molar-refractivity contribution in [1.29, 1.82) is 0 Å². The smallest absolute Gasteiger partial charge is 0.252 e.